The lowest BCUT2D eigenvalue weighted by atomic mass is 10.2. The normalized spacial score (nSPS) is 11.9. The molecule has 6 heteroatoms. The van der Waals surface area contributed by atoms with Gasteiger partial charge in [0.25, 0.3) is 5.78 Å². The van der Waals surface area contributed by atoms with E-state index in [1.54, 1.807) is 0 Å². The zero-order chi connectivity index (χ0) is 15.9. The number of rotatable bonds is 6. The second-order valence-electron chi connectivity index (χ2n) is 6.18. The second-order valence-corrected chi connectivity index (χ2v) is 11.0. The van der Waals surface area contributed by atoms with E-state index in [1.807, 2.05) is 0 Å². The van der Waals surface area contributed by atoms with Gasteiger partial charge in [-0.1, -0.05) is 31.8 Å². The zero-order valence-corrected chi connectivity index (χ0v) is 14.4. The minimum Gasteiger partial charge on any atom is -0.414 e. The number of Topliss-reactive ketones (excluding diaryl/α,β-unsaturated/α-hetero) is 1. The summed E-state index contributed by atoms with van der Waals surface area (Å²) in [5, 5.41) is 3.70. The van der Waals surface area contributed by atoms with Gasteiger partial charge in [0.2, 0.25) is 0 Å². The van der Waals surface area contributed by atoms with Gasteiger partial charge in [-0.15, -0.1) is 0 Å². The summed E-state index contributed by atoms with van der Waals surface area (Å²) in [6.07, 6.45) is 1.34. The Balaban J connectivity index is 2.20. The molecular formula is C15H23NO4Si. The van der Waals surface area contributed by atoms with Crippen molar-refractivity contribution in [3.63, 3.8) is 0 Å². The molecule has 0 aliphatic rings. The molecule has 5 nitrogen and oxygen atoms in total. The van der Waals surface area contributed by atoms with Gasteiger partial charge in [0, 0.05) is 6.07 Å². The van der Waals surface area contributed by atoms with Crippen LogP contribution < -0.4 is 0 Å². The fourth-order valence-corrected chi connectivity index (χ4v) is 2.23. The molecule has 0 bridgehead atoms. The minimum absolute atomic E-state index is 0.191. The Morgan fingerprint density at radius 2 is 2.10 bits per heavy atom. The van der Waals surface area contributed by atoms with Crippen LogP contribution in [0, 0.1) is 11.8 Å². The third kappa shape index (κ3) is 5.84. The Morgan fingerprint density at radius 3 is 2.67 bits per heavy atom. The van der Waals surface area contributed by atoms with Crippen LogP contribution in [0.1, 0.15) is 31.3 Å². The highest BCUT2D eigenvalue weighted by molar-refractivity contribution is 6.74. The van der Waals surface area contributed by atoms with Gasteiger partial charge in [-0.2, -0.15) is 0 Å². The van der Waals surface area contributed by atoms with E-state index in [4.69, 9.17) is 9.16 Å². The fourth-order valence-electron chi connectivity index (χ4n) is 1.21. The number of carbonyl (C=O) groups is 1. The summed E-state index contributed by atoms with van der Waals surface area (Å²) in [6, 6.07) is 1.48. The smallest absolute Gasteiger partial charge is 0.257 e. The van der Waals surface area contributed by atoms with Gasteiger partial charge >= 0.3 is 0 Å². The zero-order valence-electron chi connectivity index (χ0n) is 13.4. The largest absolute Gasteiger partial charge is 0.414 e. The van der Waals surface area contributed by atoms with Crippen molar-refractivity contribution in [1.29, 1.82) is 0 Å². The summed E-state index contributed by atoms with van der Waals surface area (Å²) in [6.45, 7) is 12.2. The molecule has 0 amide bonds. The number of carbonyl (C=O) groups excluding carboxylic acids is 1. The van der Waals surface area contributed by atoms with Crippen molar-refractivity contribution < 1.29 is 18.5 Å². The van der Waals surface area contributed by atoms with Crippen LogP contribution in [0.15, 0.2) is 16.9 Å². The molecule has 0 aliphatic carbocycles. The molecule has 0 aromatic carbocycles. The van der Waals surface area contributed by atoms with Gasteiger partial charge in [-0.3, -0.25) is 4.79 Å². The highest BCUT2D eigenvalue weighted by Gasteiger charge is 2.36. The third-order valence-electron chi connectivity index (χ3n) is 3.54. The highest BCUT2D eigenvalue weighted by atomic mass is 28.4. The van der Waals surface area contributed by atoms with Crippen molar-refractivity contribution in [2.75, 3.05) is 19.8 Å². The molecule has 0 atom stereocenters. The van der Waals surface area contributed by atoms with Gasteiger partial charge in [0.05, 0.1) is 13.2 Å². The number of hydrogen-bond acceptors (Lipinski definition) is 5. The molecule has 1 rings (SSSR count). The Labute approximate surface area is 127 Å². The van der Waals surface area contributed by atoms with Crippen molar-refractivity contribution in [2.24, 2.45) is 0 Å². The minimum atomic E-state index is -1.72. The summed E-state index contributed by atoms with van der Waals surface area (Å²) >= 11 is 0. The van der Waals surface area contributed by atoms with Gasteiger partial charge < -0.3 is 13.7 Å². The number of aromatic nitrogens is 1. The Hall–Kier alpha value is -1.42. The molecule has 0 saturated heterocycles. The second kappa shape index (κ2) is 7.55. The third-order valence-corrected chi connectivity index (χ3v) is 8.08. The van der Waals surface area contributed by atoms with E-state index in [0.29, 0.717) is 13.2 Å². The number of ketones is 1. The monoisotopic (exact) mass is 309 g/mol. The maximum absolute atomic E-state index is 11.5. The SMILES string of the molecule is CC(C)(C)[Si](C)(C)OCCOCC#CC(=O)c1ccon1. The van der Waals surface area contributed by atoms with Crippen LogP contribution in [0.3, 0.4) is 0 Å². The topological polar surface area (TPSA) is 61.6 Å². The van der Waals surface area contributed by atoms with Crippen LogP contribution in [0.25, 0.3) is 0 Å². The van der Waals surface area contributed by atoms with Crippen LogP contribution in [0.5, 0.6) is 0 Å². The molecule has 0 aliphatic heterocycles. The molecule has 0 saturated carbocycles. The van der Waals surface area contributed by atoms with E-state index in [9.17, 15) is 4.79 Å². The number of hydrogen-bond donors (Lipinski definition) is 0. The highest BCUT2D eigenvalue weighted by Crippen LogP contribution is 2.36. The summed E-state index contributed by atoms with van der Waals surface area (Å²) in [7, 11) is -1.72. The first-order valence-electron chi connectivity index (χ1n) is 6.89. The lowest BCUT2D eigenvalue weighted by molar-refractivity contribution is 0.104. The lowest BCUT2D eigenvalue weighted by Gasteiger charge is -2.36. The van der Waals surface area contributed by atoms with Gasteiger partial charge in [-0.25, -0.2) is 0 Å². The molecule has 21 heavy (non-hydrogen) atoms. The first-order chi connectivity index (χ1) is 9.74. The molecule has 1 aromatic heterocycles. The quantitative estimate of drug-likeness (QED) is 0.266. The van der Waals surface area contributed by atoms with Crippen molar-refractivity contribution in [1.82, 2.24) is 5.16 Å². The van der Waals surface area contributed by atoms with Crippen LogP contribution in [-0.4, -0.2) is 39.1 Å². The lowest BCUT2D eigenvalue weighted by Crippen LogP contribution is -2.41. The predicted molar refractivity (Wildman–Crippen MR) is 82.6 cm³/mol. The summed E-state index contributed by atoms with van der Waals surface area (Å²) in [5.41, 5.74) is 0.212. The predicted octanol–water partition coefficient (Wildman–Crippen LogP) is 2.90. The average Bonchev–Trinajstić information content (AvgIpc) is 2.89. The van der Waals surface area contributed by atoms with E-state index in [-0.39, 0.29) is 23.1 Å². The first-order valence-corrected chi connectivity index (χ1v) is 9.80. The summed E-state index contributed by atoms with van der Waals surface area (Å²) in [4.78, 5) is 11.5. The van der Waals surface area contributed by atoms with Crippen LogP contribution in [0.4, 0.5) is 0 Å². The molecule has 0 N–H and O–H groups in total. The van der Waals surface area contributed by atoms with E-state index in [0.717, 1.165) is 0 Å². The molecule has 0 radical (unpaired) electrons. The molecule has 0 spiro atoms. The van der Waals surface area contributed by atoms with E-state index < -0.39 is 8.32 Å². The van der Waals surface area contributed by atoms with E-state index >= 15 is 0 Å². The van der Waals surface area contributed by atoms with E-state index in [2.05, 4.69) is 55.4 Å². The Kier molecular flexibility index (Phi) is 6.34. The Morgan fingerprint density at radius 1 is 1.38 bits per heavy atom. The molecule has 1 aromatic rings. The maximum Gasteiger partial charge on any atom is 0.257 e. The van der Waals surface area contributed by atoms with Gasteiger partial charge in [-0.05, 0) is 24.1 Å². The number of ether oxygens (including phenoxy) is 1. The Bertz CT molecular complexity index is 506. The van der Waals surface area contributed by atoms with Crippen molar-refractivity contribution in [3.8, 4) is 11.8 Å². The van der Waals surface area contributed by atoms with Crippen molar-refractivity contribution in [3.05, 3.63) is 18.0 Å². The van der Waals surface area contributed by atoms with Crippen LogP contribution in [0.2, 0.25) is 18.1 Å². The van der Waals surface area contributed by atoms with Crippen molar-refractivity contribution in [2.45, 2.75) is 38.9 Å². The summed E-state index contributed by atoms with van der Waals surface area (Å²) in [5.74, 6) is 4.73. The van der Waals surface area contributed by atoms with Crippen molar-refractivity contribution >= 4 is 14.1 Å². The standard InChI is InChI=1S/C15H23NO4Si/c1-15(2,3)21(4,5)20-12-11-18-9-6-7-14(17)13-8-10-19-16-13/h8,10H,9,11-12H2,1-5H3. The van der Waals surface area contributed by atoms with Gasteiger partial charge in [0.15, 0.2) is 14.0 Å². The number of nitrogens with zero attached hydrogens (tertiary/aromatic N) is 1. The van der Waals surface area contributed by atoms with Crippen LogP contribution >= 0.6 is 0 Å². The maximum atomic E-state index is 11.5. The molecular weight excluding hydrogens is 286 g/mol. The average molecular weight is 309 g/mol. The van der Waals surface area contributed by atoms with Gasteiger partial charge in [0.1, 0.15) is 12.9 Å². The van der Waals surface area contributed by atoms with E-state index in [1.165, 1.54) is 12.3 Å². The molecule has 0 fully saturated rings. The molecule has 116 valence electrons. The molecule has 1 heterocycles. The fraction of sp³-hybridized carbons (Fsp3) is 0.600. The molecule has 0 unspecified atom stereocenters. The van der Waals surface area contributed by atoms with Crippen LogP contribution in [-0.2, 0) is 9.16 Å². The first kappa shape index (κ1) is 17.6. The summed E-state index contributed by atoms with van der Waals surface area (Å²) < 4.78 is 15.9.